The molecule has 0 spiro atoms. The smallest absolute Gasteiger partial charge is 0.0713 e. The molecular formula is C12H23BrN4O. The number of hydrazine groups is 1. The molecule has 1 aromatic rings. The minimum absolute atomic E-state index is 0.0146. The van der Waals surface area contributed by atoms with Crippen molar-refractivity contribution in [3.05, 3.63) is 16.4 Å². The summed E-state index contributed by atoms with van der Waals surface area (Å²) in [5.74, 6) is 5.70. The van der Waals surface area contributed by atoms with Crippen LogP contribution in [0.3, 0.4) is 0 Å². The Morgan fingerprint density at radius 2 is 2.17 bits per heavy atom. The molecule has 0 amide bonds. The molecule has 0 aliphatic carbocycles. The molecule has 0 aromatic carbocycles. The summed E-state index contributed by atoms with van der Waals surface area (Å²) >= 11 is 3.54. The van der Waals surface area contributed by atoms with Crippen LogP contribution in [0.25, 0.3) is 0 Å². The fourth-order valence-corrected chi connectivity index (χ4v) is 2.45. The molecular weight excluding hydrogens is 296 g/mol. The number of hydrogen-bond acceptors (Lipinski definition) is 4. The molecule has 5 nitrogen and oxygen atoms in total. The van der Waals surface area contributed by atoms with Crippen molar-refractivity contribution in [3.8, 4) is 0 Å². The van der Waals surface area contributed by atoms with E-state index >= 15 is 0 Å². The van der Waals surface area contributed by atoms with Gasteiger partial charge in [0.05, 0.1) is 28.0 Å². The third kappa shape index (κ3) is 3.54. The zero-order chi connectivity index (χ0) is 13.9. The van der Waals surface area contributed by atoms with Crippen LogP contribution in [0.2, 0.25) is 0 Å². The van der Waals surface area contributed by atoms with E-state index in [0.717, 1.165) is 16.6 Å². The molecule has 1 aromatic heterocycles. The Morgan fingerprint density at radius 3 is 2.61 bits per heavy atom. The van der Waals surface area contributed by atoms with Crippen molar-refractivity contribution in [2.75, 3.05) is 7.11 Å². The van der Waals surface area contributed by atoms with E-state index < -0.39 is 0 Å². The zero-order valence-corrected chi connectivity index (χ0v) is 13.3. The molecule has 0 radical (unpaired) electrons. The van der Waals surface area contributed by atoms with Gasteiger partial charge in [0.1, 0.15) is 0 Å². The van der Waals surface area contributed by atoms with Gasteiger partial charge in [0.15, 0.2) is 0 Å². The van der Waals surface area contributed by atoms with Crippen molar-refractivity contribution in [2.24, 2.45) is 5.84 Å². The molecule has 1 atom stereocenters. The number of halogens is 1. The Kier molecular flexibility index (Phi) is 5.33. The van der Waals surface area contributed by atoms with Crippen LogP contribution < -0.4 is 11.3 Å². The Hall–Kier alpha value is -0.430. The Labute approximate surface area is 117 Å². The van der Waals surface area contributed by atoms with E-state index in [1.165, 1.54) is 0 Å². The molecule has 18 heavy (non-hydrogen) atoms. The highest BCUT2D eigenvalue weighted by Crippen LogP contribution is 2.31. The number of nitrogens with zero attached hydrogens (tertiary/aromatic N) is 2. The Morgan fingerprint density at radius 1 is 1.56 bits per heavy atom. The topological polar surface area (TPSA) is 65.1 Å². The first kappa shape index (κ1) is 15.6. The molecule has 0 bridgehead atoms. The van der Waals surface area contributed by atoms with Gasteiger partial charge in [-0.1, -0.05) is 0 Å². The Balaban J connectivity index is 3.05. The summed E-state index contributed by atoms with van der Waals surface area (Å²) < 4.78 is 8.40. The average molecular weight is 319 g/mol. The van der Waals surface area contributed by atoms with Crippen LogP contribution in [0.5, 0.6) is 0 Å². The number of methoxy groups -OCH3 is 1. The van der Waals surface area contributed by atoms with Crippen LogP contribution in [0.15, 0.2) is 10.7 Å². The molecule has 3 N–H and O–H groups in total. The maximum absolute atomic E-state index is 5.70. The predicted octanol–water partition coefficient (Wildman–Crippen LogP) is 2.55. The minimum atomic E-state index is -0.247. The average Bonchev–Trinajstić information content (AvgIpc) is 2.68. The predicted molar refractivity (Wildman–Crippen MR) is 76.1 cm³/mol. The molecule has 0 aliphatic rings. The lowest BCUT2D eigenvalue weighted by molar-refractivity contribution is 0.00594. The monoisotopic (exact) mass is 318 g/mol. The second kappa shape index (κ2) is 6.14. The second-order valence-corrected chi connectivity index (χ2v) is 6.16. The van der Waals surface area contributed by atoms with Crippen LogP contribution in [0.4, 0.5) is 0 Å². The summed E-state index contributed by atoms with van der Waals surface area (Å²) in [7, 11) is 1.71. The van der Waals surface area contributed by atoms with Crippen molar-refractivity contribution in [1.82, 2.24) is 15.2 Å². The maximum Gasteiger partial charge on any atom is 0.0713 e. The fraction of sp³-hybridized carbons (Fsp3) is 0.750. The number of nitrogens with two attached hydrogens (primary N) is 1. The summed E-state index contributed by atoms with van der Waals surface area (Å²) in [6.45, 7) is 8.28. The molecule has 0 saturated carbocycles. The highest BCUT2D eigenvalue weighted by molar-refractivity contribution is 9.10. The van der Waals surface area contributed by atoms with Gasteiger partial charge >= 0.3 is 0 Å². The van der Waals surface area contributed by atoms with Gasteiger partial charge in [-0.3, -0.25) is 16.0 Å². The first-order chi connectivity index (χ1) is 8.32. The van der Waals surface area contributed by atoms with Crippen molar-refractivity contribution in [3.63, 3.8) is 0 Å². The molecule has 0 aliphatic heterocycles. The van der Waals surface area contributed by atoms with Gasteiger partial charge < -0.3 is 4.74 Å². The molecule has 0 fully saturated rings. The van der Waals surface area contributed by atoms with Crippen LogP contribution in [0.1, 0.15) is 51.9 Å². The molecule has 1 heterocycles. The molecule has 1 unspecified atom stereocenters. The van der Waals surface area contributed by atoms with Crippen molar-refractivity contribution < 1.29 is 4.74 Å². The molecule has 104 valence electrons. The van der Waals surface area contributed by atoms with Gasteiger partial charge in [-0.2, -0.15) is 5.10 Å². The van der Waals surface area contributed by atoms with Gasteiger partial charge in [0.25, 0.3) is 0 Å². The standard InChI is InChI=1S/C12H23BrN4O/c1-8(2)17-11(9(13)7-15-17)10(16-14)6-12(3,4)18-5/h7-8,10,16H,6,14H2,1-5H3. The third-order valence-electron chi connectivity index (χ3n) is 3.06. The number of ether oxygens (including phenoxy) is 1. The van der Waals surface area contributed by atoms with Gasteiger partial charge in [-0.05, 0) is 50.0 Å². The molecule has 6 heteroatoms. The minimum Gasteiger partial charge on any atom is -0.379 e. The van der Waals surface area contributed by atoms with Crippen LogP contribution >= 0.6 is 15.9 Å². The van der Waals surface area contributed by atoms with E-state index in [9.17, 15) is 0 Å². The molecule has 1 rings (SSSR count). The highest BCUT2D eigenvalue weighted by atomic mass is 79.9. The third-order valence-corrected chi connectivity index (χ3v) is 3.67. The van der Waals surface area contributed by atoms with E-state index in [2.05, 4.69) is 40.3 Å². The number of hydrogen-bond donors (Lipinski definition) is 2. The van der Waals surface area contributed by atoms with Crippen LogP contribution in [-0.4, -0.2) is 22.5 Å². The van der Waals surface area contributed by atoms with E-state index in [1.807, 2.05) is 18.5 Å². The SMILES string of the molecule is COC(C)(C)CC(NN)c1c(Br)cnn1C(C)C. The lowest BCUT2D eigenvalue weighted by Gasteiger charge is -2.29. The first-order valence-corrected chi connectivity index (χ1v) is 6.86. The normalized spacial score (nSPS) is 14.2. The summed E-state index contributed by atoms with van der Waals surface area (Å²) in [5, 5.41) is 4.37. The summed E-state index contributed by atoms with van der Waals surface area (Å²) in [5.41, 5.74) is 3.67. The van der Waals surface area contributed by atoms with E-state index in [4.69, 9.17) is 10.6 Å². The van der Waals surface area contributed by atoms with Crippen molar-refractivity contribution in [2.45, 2.75) is 51.8 Å². The Bertz CT molecular complexity index is 389. The number of nitrogens with one attached hydrogen (secondary N) is 1. The van der Waals surface area contributed by atoms with Gasteiger partial charge in [-0.15, -0.1) is 0 Å². The number of rotatable bonds is 6. The highest BCUT2D eigenvalue weighted by Gasteiger charge is 2.27. The first-order valence-electron chi connectivity index (χ1n) is 6.06. The molecule has 0 saturated heterocycles. The lowest BCUT2D eigenvalue weighted by atomic mass is 9.97. The van der Waals surface area contributed by atoms with Gasteiger partial charge in [-0.25, -0.2) is 0 Å². The summed E-state index contributed by atoms with van der Waals surface area (Å²) in [6.07, 6.45) is 2.57. The number of aromatic nitrogens is 2. The van der Waals surface area contributed by atoms with Gasteiger partial charge in [0, 0.05) is 13.2 Å². The van der Waals surface area contributed by atoms with Crippen molar-refractivity contribution in [1.29, 1.82) is 0 Å². The van der Waals surface area contributed by atoms with E-state index in [1.54, 1.807) is 13.3 Å². The summed E-state index contributed by atoms with van der Waals surface area (Å²) in [4.78, 5) is 0. The lowest BCUT2D eigenvalue weighted by Crippen LogP contribution is -2.37. The fourth-order valence-electron chi connectivity index (χ4n) is 1.90. The van der Waals surface area contributed by atoms with Gasteiger partial charge in [0.2, 0.25) is 0 Å². The van der Waals surface area contributed by atoms with Crippen LogP contribution in [-0.2, 0) is 4.74 Å². The van der Waals surface area contributed by atoms with E-state index in [-0.39, 0.29) is 17.7 Å². The second-order valence-electron chi connectivity index (χ2n) is 5.30. The van der Waals surface area contributed by atoms with E-state index in [0.29, 0.717) is 0 Å². The summed E-state index contributed by atoms with van der Waals surface area (Å²) in [6, 6.07) is 0.270. The van der Waals surface area contributed by atoms with Crippen LogP contribution in [0, 0.1) is 0 Å². The maximum atomic E-state index is 5.70. The van der Waals surface area contributed by atoms with Crippen molar-refractivity contribution >= 4 is 15.9 Å². The quantitative estimate of drug-likeness (QED) is 0.625. The zero-order valence-electron chi connectivity index (χ0n) is 11.7. The largest absolute Gasteiger partial charge is 0.379 e.